The van der Waals surface area contributed by atoms with Gasteiger partial charge in [0, 0.05) is 11.8 Å². The molecule has 0 saturated heterocycles. The Labute approximate surface area is 189 Å². The lowest BCUT2D eigenvalue weighted by Crippen LogP contribution is -2.13. The van der Waals surface area contributed by atoms with E-state index in [1.165, 1.54) is 18.0 Å². The molecule has 0 amide bonds. The first-order chi connectivity index (χ1) is 15.9. The van der Waals surface area contributed by atoms with E-state index in [0.29, 0.717) is 29.1 Å². The number of aromatic nitrogens is 5. The van der Waals surface area contributed by atoms with Crippen molar-refractivity contribution >= 4 is 0 Å². The number of halogens is 6. The second-order valence-corrected chi connectivity index (χ2v) is 7.52. The van der Waals surface area contributed by atoms with E-state index in [1.54, 1.807) is 29.1 Å². The molecule has 12 heteroatoms. The van der Waals surface area contributed by atoms with Gasteiger partial charge in [-0.2, -0.15) is 26.3 Å². The molecule has 0 aliphatic heterocycles. The minimum atomic E-state index is -4.92. The molecule has 0 bridgehead atoms. The largest absolute Gasteiger partial charge is 0.495 e. The standard InChI is InChI=1S/C22H17F6N5O/c1-13-9-32(12-29-13)19-4-3-15(7-20(19)34-2)18-11-33(31-30-18)10-14-5-16(21(23,24)25)8-17(6-14)22(26,27)28/h3-9,11-12H,10H2,1-2H3. The highest BCUT2D eigenvalue weighted by Gasteiger charge is 2.36. The number of hydrogen-bond donors (Lipinski definition) is 0. The molecule has 0 atom stereocenters. The maximum Gasteiger partial charge on any atom is 0.416 e. The minimum absolute atomic E-state index is 0.0891. The molecule has 4 aromatic rings. The summed E-state index contributed by atoms with van der Waals surface area (Å²) in [6, 6.07) is 6.64. The van der Waals surface area contributed by atoms with Gasteiger partial charge in [0.1, 0.15) is 11.4 Å². The summed E-state index contributed by atoms with van der Waals surface area (Å²) in [5.41, 5.74) is -0.457. The van der Waals surface area contributed by atoms with Gasteiger partial charge in [0.25, 0.3) is 0 Å². The zero-order chi connectivity index (χ0) is 24.7. The molecule has 0 unspecified atom stereocenters. The molecule has 2 aromatic heterocycles. The van der Waals surface area contributed by atoms with Crippen LogP contribution in [-0.2, 0) is 18.9 Å². The minimum Gasteiger partial charge on any atom is -0.495 e. The van der Waals surface area contributed by atoms with Crippen LogP contribution in [0, 0.1) is 6.92 Å². The fourth-order valence-corrected chi connectivity index (χ4v) is 3.41. The summed E-state index contributed by atoms with van der Waals surface area (Å²) >= 11 is 0. The molecule has 178 valence electrons. The quantitative estimate of drug-likeness (QED) is 0.352. The average molecular weight is 481 g/mol. The van der Waals surface area contributed by atoms with Gasteiger partial charge in [-0.1, -0.05) is 11.3 Å². The van der Waals surface area contributed by atoms with Crippen LogP contribution in [0.15, 0.2) is 55.1 Å². The second kappa shape index (κ2) is 8.50. The molecular weight excluding hydrogens is 464 g/mol. The lowest BCUT2D eigenvalue weighted by Gasteiger charge is -2.14. The van der Waals surface area contributed by atoms with E-state index in [2.05, 4.69) is 15.3 Å². The Morgan fingerprint density at radius 2 is 1.59 bits per heavy atom. The number of imidazole rings is 1. The number of rotatable bonds is 5. The van der Waals surface area contributed by atoms with Crippen LogP contribution in [-0.4, -0.2) is 31.7 Å². The fourth-order valence-electron chi connectivity index (χ4n) is 3.41. The lowest BCUT2D eigenvalue weighted by molar-refractivity contribution is -0.143. The van der Waals surface area contributed by atoms with Crippen molar-refractivity contribution in [3.63, 3.8) is 0 Å². The van der Waals surface area contributed by atoms with E-state index in [0.717, 1.165) is 11.4 Å². The first-order valence-corrected chi connectivity index (χ1v) is 9.82. The van der Waals surface area contributed by atoms with E-state index < -0.39 is 23.5 Å². The van der Waals surface area contributed by atoms with Crippen molar-refractivity contribution in [3.8, 4) is 22.7 Å². The highest BCUT2D eigenvalue weighted by Crippen LogP contribution is 2.36. The number of hydrogen-bond acceptors (Lipinski definition) is 4. The van der Waals surface area contributed by atoms with Gasteiger partial charge in [-0.3, -0.25) is 0 Å². The third-order valence-electron chi connectivity index (χ3n) is 5.00. The van der Waals surface area contributed by atoms with Crippen molar-refractivity contribution in [3.05, 3.63) is 77.5 Å². The van der Waals surface area contributed by atoms with Gasteiger partial charge >= 0.3 is 12.4 Å². The second-order valence-electron chi connectivity index (χ2n) is 7.52. The summed E-state index contributed by atoms with van der Waals surface area (Å²) in [5, 5.41) is 7.86. The Balaban J connectivity index is 1.63. The molecule has 0 spiro atoms. The van der Waals surface area contributed by atoms with Crippen molar-refractivity contribution in [2.45, 2.75) is 25.8 Å². The fraction of sp³-hybridized carbons (Fsp3) is 0.227. The number of alkyl halides is 6. The molecule has 4 rings (SSSR count). The zero-order valence-electron chi connectivity index (χ0n) is 17.8. The molecule has 0 aliphatic carbocycles. The summed E-state index contributed by atoms with van der Waals surface area (Å²) in [4.78, 5) is 4.18. The third-order valence-corrected chi connectivity index (χ3v) is 5.00. The number of methoxy groups -OCH3 is 1. The molecule has 2 heterocycles. The van der Waals surface area contributed by atoms with Crippen LogP contribution >= 0.6 is 0 Å². The Morgan fingerprint density at radius 3 is 2.15 bits per heavy atom. The molecule has 34 heavy (non-hydrogen) atoms. The molecular formula is C22H17F6N5O. The zero-order valence-corrected chi connectivity index (χ0v) is 17.8. The van der Waals surface area contributed by atoms with Crippen molar-refractivity contribution in [2.24, 2.45) is 0 Å². The van der Waals surface area contributed by atoms with Crippen molar-refractivity contribution in [1.82, 2.24) is 24.5 Å². The Morgan fingerprint density at radius 1 is 0.912 bits per heavy atom. The van der Waals surface area contributed by atoms with Crippen LogP contribution in [0.4, 0.5) is 26.3 Å². The number of nitrogens with zero attached hydrogens (tertiary/aromatic N) is 5. The highest BCUT2D eigenvalue weighted by atomic mass is 19.4. The normalized spacial score (nSPS) is 12.2. The van der Waals surface area contributed by atoms with Gasteiger partial charge in [0.15, 0.2) is 0 Å². The average Bonchev–Trinajstić information content (AvgIpc) is 3.41. The van der Waals surface area contributed by atoms with Crippen molar-refractivity contribution in [2.75, 3.05) is 7.11 Å². The number of ether oxygens (including phenoxy) is 1. The van der Waals surface area contributed by atoms with E-state index >= 15 is 0 Å². The molecule has 0 aliphatic rings. The van der Waals surface area contributed by atoms with Gasteiger partial charge in [-0.25, -0.2) is 9.67 Å². The van der Waals surface area contributed by atoms with Crippen LogP contribution in [0.3, 0.4) is 0 Å². The monoisotopic (exact) mass is 481 g/mol. The van der Waals surface area contributed by atoms with Crippen molar-refractivity contribution in [1.29, 1.82) is 0 Å². The number of aryl methyl sites for hydroxylation is 1. The third kappa shape index (κ3) is 4.90. The van der Waals surface area contributed by atoms with E-state index in [1.807, 2.05) is 13.1 Å². The summed E-state index contributed by atoms with van der Waals surface area (Å²) in [6.07, 6.45) is -4.96. The SMILES string of the molecule is COc1cc(-c2cn(Cc3cc(C(F)(F)F)cc(C(F)(F)F)c3)nn2)ccc1-n1cnc(C)c1. The van der Waals surface area contributed by atoms with E-state index in [9.17, 15) is 26.3 Å². The van der Waals surface area contributed by atoms with E-state index in [-0.39, 0.29) is 18.2 Å². The van der Waals surface area contributed by atoms with Crippen LogP contribution in [0.5, 0.6) is 5.75 Å². The summed E-state index contributed by atoms with van der Waals surface area (Å²) < 4.78 is 87.0. The topological polar surface area (TPSA) is 57.8 Å². The predicted molar refractivity (Wildman–Crippen MR) is 109 cm³/mol. The van der Waals surface area contributed by atoms with E-state index in [4.69, 9.17) is 4.74 Å². The lowest BCUT2D eigenvalue weighted by atomic mass is 10.0. The Bertz CT molecular complexity index is 1290. The van der Waals surface area contributed by atoms with Gasteiger partial charge in [0.05, 0.1) is 48.7 Å². The van der Waals surface area contributed by atoms with Gasteiger partial charge in [0.2, 0.25) is 0 Å². The first kappa shape index (κ1) is 23.3. The molecule has 6 nitrogen and oxygen atoms in total. The summed E-state index contributed by atoms with van der Waals surface area (Å²) in [5.74, 6) is 0.511. The molecule has 0 fully saturated rings. The van der Waals surface area contributed by atoms with Gasteiger partial charge in [-0.15, -0.1) is 5.10 Å². The maximum absolute atomic E-state index is 13.1. The summed E-state index contributed by atoms with van der Waals surface area (Å²) in [7, 11) is 1.50. The van der Waals surface area contributed by atoms with Crippen LogP contribution in [0.1, 0.15) is 22.4 Å². The molecule has 2 aromatic carbocycles. The predicted octanol–water partition coefficient (Wildman–Crippen LogP) is 5.53. The van der Waals surface area contributed by atoms with Crippen LogP contribution in [0.2, 0.25) is 0 Å². The molecule has 0 N–H and O–H groups in total. The molecule has 0 saturated carbocycles. The van der Waals surface area contributed by atoms with Crippen LogP contribution in [0.25, 0.3) is 16.9 Å². The van der Waals surface area contributed by atoms with Gasteiger partial charge < -0.3 is 9.30 Å². The number of benzene rings is 2. The summed E-state index contributed by atoms with van der Waals surface area (Å²) in [6.45, 7) is 1.52. The maximum atomic E-state index is 13.1. The molecule has 0 radical (unpaired) electrons. The first-order valence-electron chi connectivity index (χ1n) is 9.82. The highest BCUT2D eigenvalue weighted by molar-refractivity contribution is 5.64. The van der Waals surface area contributed by atoms with Crippen LogP contribution < -0.4 is 4.74 Å². The Hall–Kier alpha value is -3.83. The van der Waals surface area contributed by atoms with Gasteiger partial charge in [-0.05, 0) is 42.8 Å². The van der Waals surface area contributed by atoms with Crippen molar-refractivity contribution < 1.29 is 31.1 Å². The smallest absolute Gasteiger partial charge is 0.416 e. The Kier molecular flexibility index (Phi) is 5.84.